The lowest BCUT2D eigenvalue weighted by Crippen LogP contribution is -2.07. The van der Waals surface area contributed by atoms with E-state index < -0.39 is 5.97 Å². The van der Waals surface area contributed by atoms with Crippen LogP contribution >= 0.6 is 0 Å². The lowest BCUT2D eigenvalue weighted by Gasteiger charge is -2.09. The van der Waals surface area contributed by atoms with Crippen molar-refractivity contribution in [2.45, 2.75) is 39.7 Å². The van der Waals surface area contributed by atoms with Crippen molar-refractivity contribution in [3.8, 4) is 0 Å². The molecule has 2 rings (SSSR count). The number of benzene rings is 1. The predicted octanol–water partition coefficient (Wildman–Crippen LogP) is 3.12. The van der Waals surface area contributed by atoms with Crippen molar-refractivity contribution in [2.24, 2.45) is 5.73 Å². The molecule has 0 saturated carbocycles. The zero-order valence-electron chi connectivity index (χ0n) is 12.3. The van der Waals surface area contributed by atoms with E-state index in [9.17, 15) is 4.79 Å². The maximum absolute atomic E-state index is 11.2. The molecule has 0 saturated heterocycles. The first-order chi connectivity index (χ1) is 9.47. The number of fused-ring (bicyclic) bond motifs is 1. The molecule has 0 radical (unpaired) electrons. The Labute approximate surface area is 119 Å². The number of nitrogens with zero attached hydrogens (tertiary/aromatic N) is 1. The molecule has 1 aromatic heterocycles. The average Bonchev–Trinajstić information content (AvgIpc) is 2.67. The highest BCUT2D eigenvalue weighted by Crippen LogP contribution is 2.32. The monoisotopic (exact) mass is 274 g/mol. The minimum absolute atomic E-state index is 0.343. The number of aromatic carboxylic acids is 1. The van der Waals surface area contributed by atoms with Crippen LogP contribution in [0.15, 0.2) is 18.2 Å². The van der Waals surface area contributed by atoms with Crippen LogP contribution in [0.2, 0.25) is 0 Å². The molecule has 0 atom stereocenters. The summed E-state index contributed by atoms with van der Waals surface area (Å²) in [5, 5.41) is 10.2. The van der Waals surface area contributed by atoms with Gasteiger partial charge in [-0.25, -0.2) is 4.79 Å². The first-order valence-corrected chi connectivity index (χ1v) is 7.03. The highest BCUT2D eigenvalue weighted by Gasteiger charge is 2.17. The summed E-state index contributed by atoms with van der Waals surface area (Å²) in [7, 11) is 0. The van der Waals surface area contributed by atoms with Crippen LogP contribution in [-0.2, 0) is 6.54 Å². The van der Waals surface area contributed by atoms with Crippen molar-refractivity contribution in [3.63, 3.8) is 0 Å². The molecule has 1 heterocycles. The fourth-order valence-corrected chi connectivity index (χ4v) is 2.91. The normalized spacial score (nSPS) is 11.4. The molecule has 0 aliphatic carbocycles. The summed E-state index contributed by atoms with van der Waals surface area (Å²) in [5.74, 6) is -0.519. The first kappa shape index (κ1) is 14.6. The summed E-state index contributed by atoms with van der Waals surface area (Å²) in [6.07, 6.45) is 0.919. The van der Waals surface area contributed by atoms with Crippen LogP contribution in [0.5, 0.6) is 0 Å². The Morgan fingerprint density at radius 3 is 2.65 bits per heavy atom. The summed E-state index contributed by atoms with van der Waals surface area (Å²) in [6.45, 7) is 7.92. The van der Waals surface area contributed by atoms with Gasteiger partial charge in [-0.05, 0) is 49.6 Å². The zero-order valence-corrected chi connectivity index (χ0v) is 12.3. The zero-order chi connectivity index (χ0) is 14.9. The molecule has 0 bridgehead atoms. The standard InChI is InChI=1S/C16H22N2O2/c1-10(2)15-11(3)18(8-4-7-17)14-6-5-12(16(19)20)9-13(14)15/h5-6,9-10H,4,7-8,17H2,1-3H3,(H,19,20). The molecule has 0 fully saturated rings. The van der Waals surface area contributed by atoms with E-state index in [1.54, 1.807) is 12.1 Å². The van der Waals surface area contributed by atoms with Gasteiger partial charge in [0.15, 0.2) is 0 Å². The molecule has 0 unspecified atom stereocenters. The van der Waals surface area contributed by atoms with E-state index >= 15 is 0 Å². The lowest BCUT2D eigenvalue weighted by atomic mass is 9.99. The van der Waals surface area contributed by atoms with Gasteiger partial charge in [-0.15, -0.1) is 0 Å². The Balaban J connectivity index is 2.69. The smallest absolute Gasteiger partial charge is 0.335 e. The van der Waals surface area contributed by atoms with E-state index in [1.807, 2.05) is 6.07 Å². The Morgan fingerprint density at radius 1 is 1.40 bits per heavy atom. The molecule has 1 aromatic carbocycles. The number of aromatic nitrogens is 1. The number of rotatable bonds is 5. The Hall–Kier alpha value is -1.81. The van der Waals surface area contributed by atoms with Crippen molar-refractivity contribution < 1.29 is 9.90 Å². The van der Waals surface area contributed by atoms with Crippen LogP contribution in [0.4, 0.5) is 0 Å². The lowest BCUT2D eigenvalue weighted by molar-refractivity contribution is 0.0697. The van der Waals surface area contributed by atoms with Gasteiger partial charge in [-0.2, -0.15) is 0 Å². The summed E-state index contributed by atoms with van der Waals surface area (Å²) >= 11 is 0. The van der Waals surface area contributed by atoms with Gasteiger partial charge in [0.2, 0.25) is 0 Å². The fraction of sp³-hybridized carbons (Fsp3) is 0.438. The molecular weight excluding hydrogens is 252 g/mol. The third-order valence-corrected chi connectivity index (χ3v) is 3.78. The second kappa shape index (κ2) is 5.67. The maximum atomic E-state index is 11.2. The predicted molar refractivity (Wildman–Crippen MR) is 81.4 cm³/mol. The first-order valence-electron chi connectivity index (χ1n) is 7.03. The van der Waals surface area contributed by atoms with Crippen LogP contribution in [0.25, 0.3) is 10.9 Å². The Kier molecular flexibility index (Phi) is 4.14. The van der Waals surface area contributed by atoms with Gasteiger partial charge < -0.3 is 15.4 Å². The third-order valence-electron chi connectivity index (χ3n) is 3.78. The summed E-state index contributed by atoms with van der Waals surface area (Å²) < 4.78 is 2.25. The van der Waals surface area contributed by atoms with E-state index in [0.29, 0.717) is 18.0 Å². The van der Waals surface area contributed by atoms with Crippen LogP contribution in [-0.4, -0.2) is 22.2 Å². The average molecular weight is 274 g/mol. The molecule has 0 aliphatic heterocycles. The molecule has 2 aromatic rings. The van der Waals surface area contributed by atoms with Crippen molar-refractivity contribution >= 4 is 16.9 Å². The molecule has 3 N–H and O–H groups in total. The van der Waals surface area contributed by atoms with Gasteiger partial charge >= 0.3 is 5.97 Å². The number of aryl methyl sites for hydroxylation is 1. The van der Waals surface area contributed by atoms with Crippen LogP contribution in [0.1, 0.15) is 47.8 Å². The quantitative estimate of drug-likeness (QED) is 0.880. The van der Waals surface area contributed by atoms with Crippen molar-refractivity contribution in [1.82, 2.24) is 4.57 Å². The van der Waals surface area contributed by atoms with E-state index in [-0.39, 0.29) is 0 Å². The highest BCUT2D eigenvalue weighted by atomic mass is 16.4. The molecular formula is C16H22N2O2. The summed E-state index contributed by atoms with van der Waals surface area (Å²) in [6, 6.07) is 5.38. The fourth-order valence-electron chi connectivity index (χ4n) is 2.91. The number of hydrogen-bond donors (Lipinski definition) is 2. The van der Waals surface area contributed by atoms with Crippen LogP contribution < -0.4 is 5.73 Å². The third kappa shape index (κ3) is 2.43. The van der Waals surface area contributed by atoms with Gasteiger partial charge in [-0.3, -0.25) is 0 Å². The molecule has 4 heteroatoms. The SMILES string of the molecule is Cc1c(C(C)C)c2cc(C(=O)O)ccc2n1CCCN. The molecule has 108 valence electrons. The second-order valence-corrected chi connectivity index (χ2v) is 5.48. The minimum Gasteiger partial charge on any atom is -0.478 e. The Bertz CT molecular complexity index is 641. The topological polar surface area (TPSA) is 68.2 Å². The minimum atomic E-state index is -0.881. The van der Waals surface area contributed by atoms with Gasteiger partial charge in [-0.1, -0.05) is 13.8 Å². The Morgan fingerprint density at radius 2 is 2.10 bits per heavy atom. The van der Waals surface area contributed by atoms with Crippen LogP contribution in [0.3, 0.4) is 0 Å². The number of nitrogens with two attached hydrogens (primary N) is 1. The van der Waals surface area contributed by atoms with Crippen molar-refractivity contribution in [1.29, 1.82) is 0 Å². The number of carbonyl (C=O) groups is 1. The van der Waals surface area contributed by atoms with Gasteiger partial charge in [0, 0.05) is 23.1 Å². The summed E-state index contributed by atoms with van der Waals surface area (Å²) in [4.78, 5) is 11.2. The van der Waals surface area contributed by atoms with Gasteiger partial charge in [0.05, 0.1) is 5.56 Å². The van der Waals surface area contributed by atoms with Gasteiger partial charge in [0.1, 0.15) is 0 Å². The van der Waals surface area contributed by atoms with Gasteiger partial charge in [0.25, 0.3) is 0 Å². The largest absolute Gasteiger partial charge is 0.478 e. The summed E-state index contributed by atoms with van der Waals surface area (Å²) in [5.41, 5.74) is 9.50. The highest BCUT2D eigenvalue weighted by molar-refractivity contribution is 5.95. The molecule has 0 aliphatic rings. The maximum Gasteiger partial charge on any atom is 0.335 e. The van der Waals surface area contributed by atoms with E-state index in [1.165, 1.54) is 11.3 Å². The molecule has 0 spiro atoms. The molecule has 4 nitrogen and oxygen atoms in total. The van der Waals surface area contributed by atoms with E-state index in [4.69, 9.17) is 10.8 Å². The van der Waals surface area contributed by atoms with E-state index in [0.717, 1.165) is 23.9 Å². The van der Waals surface area contributed by atoms with Crippen molar-refractivity contribution in [2.75, 3.05) is 6.54 Å². The number of hydrogen-bond acceptors (Lipinski definition) is 2. The molecule has 20 heavy (non-hydrogen) atoms. The number of carboxylic acids is 1. The second-order valence-electron chi connectivity index (χ2n) is 5.48. The van der Waals surface area contributed by atoms with E-state index in [2.05, 4.69) is 25.3 Å². The van der Waals surface area contributed by atoms with Crippen molar-refractivity contribution in [3.05, 3.63) is 35.0 Å². The van der Waals surface area contributed by atoms with Crippen LogP contribution in [0, 0.1) is 6.92 Å². The number of carboxylic acid groups (broad SMARTS) is 1. The molecule has 0 amide bonds.